The highest BCUT2D eigenvalue weighted by Crippen LogP contribution is 2.25. The summed E-state index contributed by atoms with van der Waals surface area (Å²) in [7, 11) is -3.39. The minimum absolute atomic E-state index is 0.183. The normalized spacial score (nSPS) is 28.8. The van der Waals surface area contributed by atoms with Crippen molar-refractivity contribution in [1.82, 2.24) is 9.21 Å². The molecule has 108 valence electrons. The van der Waals surface area contributed by atoms with Gasteiger partial charge in [0.15, 0.2) is 0 Å². The Morgan fingerprint density at radius 3 is 2.42 bits per heavy atom. The van der Waals surface area contributed by atoms with E-state index in [1.807, 2.05) is 0 Å². The van der Waals surface area contributed by atoms with Gasteiger partial charge in [0, 0.05) is 19.6 Å². The predicted molar refractivity (Wildman–Crippen MR) is 66.9 cm³/mol. The lowest BCUT2D eigenvalue weighted by atomic mass is 10.1. The first-order chi connectivity index (χ1) is 8.80. The first-order valence-electron chi connectivity index (χ1n) is 6.29. The molecule has 0 aromatic heterocycles. The van der Waals surface area contributed by atoms with Gasteiger partial charge in [0.1, 0.15) is 6.04 Å². The molecule has 0 saturated carbocycles. The molecule has 0 aromatic carbocycles. The highest BCUT2D eigenvalue weighted by molar-refractivity contribution is 7.88. The van der Waals surface area contributed by atoms with Crippen molar-refractivity contribution in [2.24, 2.45) is 5.92 Å². The van der Waals surface area contributed by atoms with E-state index in [4.69, 9.17) is 5.11 Å². The Bertz CT molecular complexity index is 489. The molecule has 2 saturated heterocycles. The Hall–Kier alpha value is -1.15. The number of hydrogen-bond donors (Lipinski definition) is 1. The highest BCUT2D eigenvalue weighted by atomic mass is 32.2. The van der Waals surface area contributed by atoms with Crippen molar-refractivity contribution in [3.8, 4) is 0 Å². The van der Waals surface area contributed by atoms with Crippen LogP contribution in [-0.4, -0.2) is 66.5 Å². The number of carboxylic acids is 1. The smallest absolute Gasteiger partial charge is 0.308 e. The average molecular weight is 290 g/mol. The maximum atomic E-state index is 12.3. The second-order valence-corrected chi connectivity index (χ2v) is 7.07. The molecule has 0 radical (unpaired) electrons. The van der Waals surface area contributed by atoms with E-state index in [1.165, 1.54) is 9.21 Å². The van der Waals surface area contributed by atoms with E-state index in [1.54, 1.807) is 0 Å². The minimum atomic E-state index is -3.39. The lowest BCUT2D eigenvalue weighted by Crippen LogP contribution is -2.46. The number of sulfonamides is 1. The van der Waals surface area contributed by atoms with Gasteiger partial charge < -0.3 is 10.0 Å². The molecular formula is C11H18N2O5S. The van der Waals surface area contributed by atoms with E-state index < -0.39 is 28.0 Å². The molecule has 2 aliphatic rings. The van der Waals surface area contributed by atoms with Crippen LogP contribution < -0.4 is 0 Å². The Kier molecular flexibility index (Phi) is 3.82. The van der Waals surface area contributed by atoms with Gasteiger partial charge in [0.05, 0.1) is 12.2 Å². The zero-order chi connectivity index (χ0) is 14.2. The van der Waals surface area contributed by atoms with Crippen LogP contribution in [0.15, 0.2) is 0 Å². The fraction of sp³-hybridized carbons (Fsp3) is 0.818. The molecule has 0 aromatic rings. The lowest BCUT2D eigenvalue weighted by molar-refractivity contribution is -0.141. The third-order valence-electron chi connectivity index (χ3n) is 3.76. The maximum absolute atomic E-state index is 12.3. The van der Waals surface area contributed by atoms with Gasteiger partial charge in [-0.2, -0.15) is 4.31 Å². The fourth-order valence-electron chi connectivity index (χ4n) is 2.76. The monoisotopic (exact) mass is 290 g/mol. The van der Waals surface area contributed by atoms with Gasteiger partial charge in [-0.25, -0.2) is 8.42 Å². The number of rotatable bonds is 3. The zero-order valence-corrected chi connectivity index (χ0v) is 11.6. The SMILES string of the molecule is CS(=O)(=O)N1CCC[C@@H]1C(=O)N1CC[C@@H](C(=O)O)C1. The largest absolute Gasteiger partial charge is 0.481 e. The summed E-state index contributed by atoms with van der Waals surface area (Å²) in [6.45, 7) is 0.942. The van der Waals surface area contributed by atoms with Crippen molar-refractivity contribution in [1.29, 1.82) is 0 Å². The van der Waals surface area contributed by atoms with Crippen LogP contribution in [0, 0.1) is 5.92 Å². The van der Waals surface area contributed by atoms with Crippen LogP contribution in [0.4, 0.5) is 0 Å². The number of amides is 1. The van der Waals surface area contributed by atoms with E-state index >= 15 is 0 Å². The summed E-state index contributed by atoms with van der Waals surface area (Å²) in [5.41, 5.74) is 0. The maximum Gasteiger partial charge on any atom is 0.308 e. The van der Waals surface area contributed by atoms with E-state index in [2.05, 4.69) is 0 Å². The molecule has 7 nitrogen and oxygen atoms in total. The summed E-state index contributed by atoms with van der Waals surface area (Å²) >= 11 is 0. The Balaban J connectivity index is 2.06. The van der Waals surface area contributed by atoms with Gasteiger partial charge in [-0.1, -0.05) is 0 Å². The second kappa shape index (κ2) is 5.09. The average Bonchev–Trinajstić information content (AvgIpc) is 2.96. The third kappa shape index (κ3) is 2.89. The summed E-state index contributed by atoms with van der Waals surface area (Å²) in [5, 5.41) is 8.92. The summed E-state index contributed by atoms with van der Waals surface area (Å²) < 4.78 is 24.4. The number of aliphatic carboxylic acids is 1. The topological polar surface area (TPSA) is 95.0 Å². The predicted octanol–water partition coefficient (Wildman–Crippen LogP) is -0.656. The van der Waals surface area contributed by atoms with Crippen LogP contribution in [0.1, 0.15) is 19.3 Å². The number of likely N-dealkylation sites (tertiary alicyclic amines) is 1. The van der Waals surface area contributed by atoms with Gasteiger partial charge in [0.25, 0.3) is 0 Å². The van der Waals surface area contributed by atoms with E-state index in [0.717, 1.165) is 6.26 Å². The van der Waals surface area contributed by atoms with Gasteiger partial charge in [-0.3, -0.25) is 9.59 Å². The second-order valence-electron chi connectivity index (χ2n) is 5.14. The van der Waals surface area contributed by atoms with E-state index in [-0.39, 0.29) is 12.5 Å². The van der Waals surface area contributed by atoms with Gasteiger partial charge in [-0.15, -0.1) is 0 Å². The van der Waals surface area contributed by atoms with Crippen molar-refractivity contribution < 1.29 is 23.1 Å². The molecule has 0 aliphatic carbocycles. The van der Waals surface area contributed by atoms with Crippen LogP contribution in [0.5, 0.6) is 0 Å². The van der Waals surface area contributed by atoms with Crippen LogP contribution in [0.25, 0.3) is 0 Å². The first kappa shape index (κ1) is 14.3. The quantitative estimate of drug-likeness (QED) is 0.745. The molecule has 1 N–H and O–H groups in total. The molecule has 2 aliphatic heterocycles. The van der Waals surface area contributed by atoms with Crippen molar-refractivity contribution in [3.63, 3.8) is 0 Å². The molecule has 2 fully saturated rings. The number of carbonyl (C=O) groups excluding carboxylic acids is 1. The summed E-state index contributed by atoms with van der Waals surface area (Å²) in [5.74, 6) is -1.69. The Morgan fingerprint density at radius 2 is 1.89 bits per heavy atom. The summed E-state index contributed by atoms with van der Waals surface area (Å²) in [6, 6.07) is -0.650. The molecular weight excluding hydrogens is 272 g/mol. The van der Waals surface area contributed by atoms with Crippen molar-refractivity contribution in [2.45, 2.75) is 25.3 Å². The van der Waals surface area contributed by atoms with E-state index in [0.29, 0.717) is 32.4 Å². The fourth-order valence-corrected chi connectivity index (χ4v) is 3.88. The van der Waals surface area contributed by atoms with Crippen LogP contribution in [0.3, 0.4) is 0 Å². The highest BCUT2D eigenvalue weighted by Gasteiger charge is 2.41. The Labute approximate surface area is 112 Å². The van der Waals surface area contributed by atoms with Crippen molar-refractivity contribution in [3.05, 3.63) is 0 Å². The van der Waals surface area contributed by atoms with Crippen LogP contribution in [0.2, 0.25) is 0 Å². The summed E-state index contributed by atoms with van der Waals surface area (Å²) in [4.78, 5) is 24.6. The van der Waals surface area contributed by atoms with E-state index in [9.17, 15) is 18.0 Å². The number of carbonyl (C=O) groups is 2. The zero-order valence-electron chi connectivity index (χ0n) is 10.8. The molecule has 2 atom stereocenters. The molecule has 2 heterocycles. The first-order valence-corrected chi connectivity index (χ1v) is 8.14. The molecule has 8 heteroatoms. The lowest BCUT2D eigenvalue weighted by Gasteiger charge is -2.26. The third-order valence-corrected chi connectivity index (χ3v) is 5.05. The van der Waals surface area contributed by atoms with Crippen LogP contribution >= 0.6 is 0 Å². The molecule has 0 bridgehead atoms. The summed E-state index contributed by atoms with van der Waals surface area (Å²) in [6.07, 6.45) is 2.72. The van der Waals surface area contributed by atoms with Crippen molar-refractivity contribution >= 4 is 21.9 Å². The molecule has 19 heavy (non-hydrogen) atoms. The minimum Gasteiger partial charge on any atom is -0.481 e. The standard InChI is InChI=1S/C11H18N2O5S/c1-19(17,18)13-5-2-3-9(13)10(14)12-6-4-8(7-12)11(15)16/h8-9H,2-7H2,1H3,(H,15,16)/t8-,9-/m1/s1. The number of nitrogens with zero attached hydrogens (tertiary/aromatic N) is 2. The molecule has 2 rings (SSSR count). The van der Waals surface area contributed by atoms with Gasteiger partial charge in [0.2, 0.25) is 15.9 Å². The molecule has 0 spiro atoms. The number of hydrogen-bond acceptors (Lipinski definition) is 4. The number of carboxylic acid groups (broad SMARTS) is 1. The Morgan fingerprint density at radius 1 is 1.21 bits per heavy atom. The van der Waals surface area contributed by atoms with Crippen LogP contribution in [-0.2, 0) is 19.6 Å². The van der Waals surface area contributed by atoms with Gasteiger partial charge in [-0.05, 0) is 19.3 Å². The van der Waals surface area contributed by atoms with Gasteiger partial charge >= 0.3 is 5.97 Å². The molecule has 0 unspecified atom stereocenters. The molecule has 1 amide bonds. The van der Waals surface area contributed by atoms with Crippen molar-refractivity contribution in [2.75, 3.05) is 25.9 Å².